The molecule has 4 rings (SSSR count). The summed E-state index contributed by atoms with van der Waals surface area (Å²) in [6.45, 7) is 18.8. The molecule has 2 aliphatic heterocycles. The number of amidine groups is 1. The molecule has 0 bridgehead atoms. The third kappa shape index (κ3) is 12.1. The second-order valence-electron chi connectivity index (χ2n) is 18.3. The van der Waals surface area contributed by atoms with Gasteiger partial charge in [0.25, 0.3) is 0 Å². The lowest BCUT2D eigenvalue weighted by Gasteiger charge is -2.39. The van der Waals surface area contributed by atoms with Crippen LogP contribution in [0.5, 0.6) is 0 Å². The van der Waals surface area contributed by atoms with Crippen LogP contribution in [0.1, 0.15) is 105 Å². The predicted molar refractivity (Wildman–Crippen MR) is 232 cm³/mol. The van der Waals surface area contributed by atoms with Crippen LogP contribution in [0.4, 0.5) is 0 Å². The summed E-state index contributed by atoms with van der Waals surface area (Å²) in [5.41, 5.74) is -0.729. The number of terminal acetylenes is 1. The van der Waals surface area contributed by atoms with Crippen LogP contribution < -0.4 is 31.9 Å². The van der Waals surface area contributed by atoms with Crippen molar-refractivity contribution in [3.8, 4) is 12.3 Å². The molecule has 0 radical (unpaired) electrons. The Morgan fingerprint density at radius 1 is 0.983 bits per heavy atom. The van der Waals surface area contributed by atoms with Crippen molar-refractivity contribution in [2.24, 2.45) is 27.7 Å². The molecule has 0 aliphatic carbocycles. The van der Waals surface area contributed by atoms with Gasteiger partial charge in [0, 0.05) is 24.0 Å². The van der Waals surface area contributed by atoms with Crippen molar-refractivity contribution in [2.75, 3.05) is 19.6 Å². The number of rotatable bonds is 12. The van der Waals surface area contributed by atoms with E-state index in [9.17, 15) is 28.8 Å². The van der Waals surface area contributed by atoms with Gasteiger partial charge in [-0.3, -0.25) is 33.8 Å². The number of nitrogens with zero attached hydrogens (tertiary/aromatic N) is 3. The summed E-state index contributed by atoms with van der Waals surface area (Å²) in [6, 6.07) is 3.78. The summed E-state index contributed by atoms with van der Waals surface area (Å²) in [7, 11) is 0. The lowest BCUT2D eigenvalue weighted by Crippen LogP contribution is -2.65. The second kappa shape index (κ2) is 20.3. The molecule has 1 aromatic heterocycles. The quantitative estimate of drug-likeness (QED) is 0.175. The molecule has 3 heterocycles. The lowest BCUT2D eigenvalue weighted by molar-refractivity contribution is -0.140. The summed E-state index contributed by atoms with van der Waals surface area (Å²) in [5.74, 6) is -0.997. The number of hydrogen-bond acceptors (Lipinski definition) is 10. The van der Waals surface area contributed by atoms with Gasteiger partial charge in [-0.1, -0.05) is 105 Å². The van der Waals surface area contributed by atoms with E-state index in [0.29, 0.717) is 18.0 Å². The van der Waals surface area contributed by atoms with Gasteiger partial charge in [0.1, 0.15) is 41.6 Å². The molecule has 6 amide bonds. The minimum atomic E-state index is -1.13. The van der Waals surface area contributed by atoms with Crippen LogP contribution in [-0.4, -0.2) is 101 Å². The van der Waals surface area contributed by atoms with E-state index in [1.807, 2.05) is 99.6 Å². The standard InChI is InChI=1S/C44H63N9O6S/c1-12-19-45-30(54)23-29(42-46-20-22-60-42)48-39(57)33(27(5)28-16-14-13-15-17-28)50-41(59)36(44(9,10)11)51-37-35(43(6,7)8)52-38(56)32(25(2)3)49-40(58)34-26(4)18-21-53(34)31(55)24-47-37/h1,13-17,20,22,25-27,29,32-36H,18-19,21,23-24H2,2-11H3,(H,45,54)(H,47,51)(H,48,57)(H,49,58)(H,50,59)(H,52,56)/t26-,27?,29+,32+,33+,34+,35-,36-/m1/s1. The summed E-state index contributed by atoms with van der Waals surface area (Å²) in [5, 5.41) is 20.3. The highest BCUT2D eigenvalue weighted by Gasteiger charge is 2.44. The van der Waals surface area contributed by atoms with Gasteiger partial charge in [-0.15, -0.1) is 17.8 Å². The molecule has 6 N–H and O–H groups in total. The van der Waals surface area contributed by atoms with Crippen molar-refractivity contribution in [1.29, 1.82) is 0 Å². The molecule has 2 aromatic rings. The van der Waals surface area contributed by atoms with Gasteiger partial charge < -0.3 is 36.8 Å². The maximum absolute atomic E-state index is 14.8. The Bertz CT molecular complexity index is 1920. The van der Waals surface area contributed by atoms with E-state index < -0.39 is 70.7 Å². The highest BCUT2D eigenvalue weighted by molar-refractivity contribution is 7.09. The van der Waals surface area contributed by atoms with E-state index in [4.69, 9.17) is 11.4 Å². The first-order chi connectivity index (χ1) is 28.1. The van der Waals surface area contributed by atoms with Crippen LogP contribution >= 0.6 is 11.3 Å². The zero-order chi connectivity index (χ0) is 44.5. The fourth-order valence-electron chi connectivity index (χ4n) is 7.49. The third-order valence-electron chi connectivity index (χ3n) is 11.0. The molecule has 1 aromatic carbocycles. The second-order valence-corrected chi connectivity index (χ2v) is 19.2. The molecular weight excluding hydrogens is 783 g/mol. The van der Waals surface area contributed by atoms with Crippen LogP contribution in [-0.2, 0) is 28.8 Å². The van der Waals surface area contributed by atoms with Crippen LogP contribution in [0.25, 0.3) is 0 Å². The smallest absolute Gasteiger partial charge is 0.244 e. The first-order valence-electron chi connectivity index (χ1n) is 20.6. The van der Waals surface area contributed by atoms with E-state index in [2.05, 4.69) is 42.8 Å². The van der Waals surface area contributed by atoms with Crippen LogP contribution in [0.15, 0.2) is 46.9 Å². The summed E-state index contributed by atoms with van der Waals surface area (Å²) < 4.78 is 0. The first kappa shape index (κ1) is 47.4. The maximum Gasteiger partial charge on any atom is 0.244 e. The zero-order valence-electron chi connectivity index (χ0n) is 36.5. The number of fused-ring (bicyclic) bond motifs is 1. The average Bonchev–Trinajstić information content (AvgIpc) is 3.86. The summed E-state index contributed by atoms with van der Waals surface area (Å²) >= 11 is 1.28. The molecule has 15 nitrogen and oxygen atoms in total. The fourth-order valence-corrected chi connectivity index (χ4v) is 8.18. The molecule has 8 atom stereocenters. The van der Waals surface area contributed by atoms with Gasteiger partial charge >= 0.3 is 0 Å². The minimum absolute atomic E-state index is 0.0222. The number of carbonyl (C=O) groups excluding carboxylic acids is 6. The van der Waals surface area contributed by atoms with E-state index in [-0.39, 0.29) is 54.9 Å². The summed E-state index contributed by atoms with van der Waals surface area (Å²) in [4.78, 5) is 94.5. The normalized spacial score (nSPS) is 22.3. The molecule has 60 heavy (non-hydrogen) atoms. The number of hydrogen-bond donors (Lipinski definition) is 6. The fraction of sp³-hybridized carbons (Fsp3) is 0.591. The van der Waals surface area contributed by atoms with E-state index in [1.54, 1.807) is 11.6 Å². The largest absolute Gasteiger partial charge is 0.360 e. The Labute approximate surface area is 358 Å². The number of aromatic nitrogens is 1. The topological polar surface area (TPSA) is 203 Å². The number of nitrogens with one attached hydrogen (secondary N) is 6. The molecule has 0 spiro atoms. The third-order valence-corrected chi connectivity index (χ3v) is 11.9. The molecule has 1 fully saturated rings. The van der Waals surface area contributed by atoms with E-state index >= 15 is 0 Å². The van der Waals surface area contributed by atoms with Crippen molar-refractivity contribution < 1.29 is 28.8 Å². The number of thiazole rings is 1. The molecule has 326 valence electrons. The minimum Gasteiger partial charge on any atom is -0.360 e. The van der Waals surface area contributed by atoms with Crippen molar-refractivity contribution in [1.82, 2.24) is 41.8 Å². The highest BCUT2D eigenvalue weighted by Crippen LogP contribution is 2.29. The Morgan fingerprint density at radius 3 is 2.25 bits per heavy atom. The van der Waals surface area contributed by atoms with Gasteiger partial charge in [-0.05, 0) is 34.7 Å². The number of carbonyl (C=O) groups is 6. The van der Waals surface area contributed by atoms with Gasteiger partial charge in [0.2, 0.25) is 35.4 Å². The number of aliphatic imine (C=N–C) groups is 1. The van der Waals surface area contributed by atoms with E-state index in [0.717, 1.165) is 5.56 Å². The molecule has 0 saturated carbocycles. The Morgan fingerprint density at radius 2 is 1.67 bits per heavy atom. The van der Waals surface area contributed by atoms with Gasteiger partial charge in [0.05, 0.1) is 25.0 Å². The van der Waals surface area contributed by atoms with Crippen LogP contribution in [0.2, 0.25) is 0 Å². The highest BCUT2D eigenvalue weighted by atomic mass is 32.1. The van der Waals surface area contributed by atoms with Crippen molar-refractivity contribution in [3.63, 3.8) is 0 Å². The molecule has 1 saturated heterocycles. The number of benzene rings is 1. The summed E-state index contributed by atoms with van der Waals surface area (Å²) in [6.07, 6.45) is 7.42. The lowest BCUT2D eigenvalue weighted by atomic mass is 9.82. The molecule has 2 aliphatic rings. The molecular formula is C44H63N9O6S. The van der Waals surface area contributed by atoms with Crippen LogP contribution in [0, 0.1) is 35.0 Å². The Kier molecular flexibility index (Phi) is 16.0. The molecule has 1 unspecified atom stereocenters. The first-order valence-corrected chi connectivity index (χ1v) is 21.5. The molecule has 16 heteroatoms. The van der Waals surface area contributed by atoms with Crippen LogP contribution in [0.3, 0.4) is 0 Å². The van der Waals surface area contributed by atoms with E-state index in [1.165, 1.54) is 16.2 Å². The predicted octanol–water partition coefficient (Wildman–Crippen LogP) is 3.05. The SMILES string of the molecule is C#CCNC(=O)C[C@H](NC(=O)[C@@H](NC(=O)[C@@H](NC1=NCC(=O)N2CC[C@@H](C)[C@H]2C(=O)N[C@@H](C(C)C)C(=O)N[C@H]1C(C)(C)C)C(C)(C)C)C(C)c1ccccc1)c1nccs1. The number of amides is 6. The van der Waals surface area contributed by atoms with Crippen molar-refractivity contribution >= 4 is 52.6 Å². The monoisotopic (exact) mass is 845 g/mol. The zero-order valence-corrected chi connectivity index (χ0v) is 37.4. The Hall–Kier alpha value is -5.30. The Balaban J connectivity index is 1.75. The average molecular weight is 846 g/mol. The van der Waals surface area contributed by atoms with Crippen molar-refractivity contribution in [2.45, 2.75) is 124 Å². The van der Waals surface area contributed by atoms with Gasteiger partial charge in [-0.2, -0.15) is 0 Å². The van der Waals surface area contributed by atoms with Gasteiger partial charge in [-0.25, -0.2) is 4.98 Å². The maximum atomic E-state index is 14.8. The van der Waals surface area contributed by atoms with Crippen molar-refractivity contribution in [3.05, 3.63) is 52.5 Å². The van der Waals surface area contributed by atoms with Gasteiger partial charge in [0.15, 0.2) is 0 Å².